The smallest absolute Gasteiger partial charge is 0.338 e. The van der Waals surface area contributed by atoms with Gasteiger partial charge in [-0.05, 0) is 58.9 Å². The molecule has 2 heterocycles. The largest absolute Gasteiger partial charge is 0.456 e. The van der Waals surface area contributed by atoms with Gasteiger partial charge in [-0.25, -0.2) is 22.6 Å². The second-order valence-electron chi connectivity index (χ2n) is 8.14. The Balaban J connectivity index is 1.84. The molecule has 0 aliphatic heterocycles. The van der Waals surface area contributed by atoms with Crippen LogP contribution in [0.15, 0.2) is 34.9 Å². The summed E-state index contributed by atoms with van der Waals surface area (Å²) in [5, 5.41) is 7.94. The molecule has 12 heteroatoms. The van der Waals surface area contributed by atoms with Gasteiger partial charge in [0.1, 0.15) is 15.5 Å². The van der Waals surface area contributed by atoms with Crippen molar-refractivity contribution in [2.75, 3.05) is 10.1 Å². The predicted molar refractivity (Wildman–Crippen MR) is 122 cm³/mol. The summed E-state index contributed by atoms with van der Waals surface area (Å²) < 4.78 is 50.8. The molecule has 1 atom stereocenters. The van der Waals surface area contributed by atoms with Gasteiger partial charge in [0.15, 0.2) is 6.17 Å². The minimum atomic E-state index is -3.65. The molecule has 0 saturated heterocycles. The van der Waals surface area contributed by atoms with Crippen molar-refractivity contribution >= 4 is 33.0 Å². The van der Waals surface area contributed by atoms with Gasteiger partial charge in [0.2, 0.25) is 10.0 Å². The fourth-order valence-corrected chi connectivity index (χ4v) is 4.69. The fourth-order valence-electron chi connectivity index (χ4n) is 2.71. The van der Waals surface area contributed by atoms with Gasteiger partial charge in [-0.15, -0.1) is 21.5 Å². The van der Waals surface area contributed by atoms with Gasteiger partial charge in [0, 0.05) is 0 Å². The lowest BCUT2D eigenvalue weighted by Gasteiger charge is -2.23. The number of hydrogen-bond donors (Lipinski definition) is 0. The number of sulfonamides is 1. The highest BCUT2D eigenvalue weighted by atomic mass is 32.2. The summed E-state index contributed by atoms with van der Waals surface area (Å²) in [6.45, 7) is 8.10. The number of ether oxygens (including phenoxy) is 1. The second-order valence-corrected chi connectivity index (χ2v) is 11.4. The van der Waals surface area contributed by atoms with E-state index in [-0.39, 0.29) is 24.1 Å². The summed E-state index contributed by atoms with van der Waals surface area (Å²) in [4.78, 5) is 17.0. The van der Waals surface area contributed by atoms with Crippen LogP contribution in [0.2, 0.25) is 0 Å². The van der Waals surface area contributed by atoms with Crippen LogP contribution in [0.4, 0.5) is 10.1 Å². The highest BCUT2D eigenvalue weighted by molar-refractivity contribution is 7.92. The maximum atomic E-state index is 13.3. The molecule has 0 spiro atoms. The zero-order chi connectivity index (χ0) is 24.4. The quantitative estimate of drug-likeness (QED) is 0.418. The Kier molecular flexibility index (Phi) is 7.17. The number of thiazole rings is 1. The van der Waals surface area contributed by atoms with Crippen LogP contribution in [0.3, 0.4) is 0 Å². The van der Waals surface area contributed by atoms with Gasteiger partial charge in [0.25, 0.3) is 11.8 Å². The number of aromatic nitrogens is 3. The SMILES string of the molecule is CCS(=O)(=O)N(Cc1ncc(-c2nnc(C(C)F)o2)s1)c1ccc(C(=O)OC(C)(C)C)cc1. The van der Waals surface area contributed by atoms with E-state index in [9.17, 15) is 17.6 Å². The number of anilines is 1. The molecule has 3 aromatic rings. The molecule has 9 nitrogen and oxygen atoms in total. The molecule has 0 N–H and O–H groups in total. The van der Waals surface area contributed by atoms with Crippen molar-refractivity contribution in [2.45, 2.75) is 52.9 Å². The third kappa shape index (κ3) is 6.14. The van der Waals surface area contributed by atoms with Crippen molar-refractivity contribution in [2.24, 2.45) is 0 Å². The topological polar surface area (TPSA) is 115 Å². The minimum absolute atomic E-state index is 0.0346. The molecule has 2 aromatic heterocycles. The van der Waals surface area contributed by atoms with Crippen molar-refractivity contribution in [3.63, 3.8) is 0 Å². The first-order valence-corrected chi connectivity index (χ1v) is 12.6. The maximum Gasteiger partial charge on any atom is 0.338 e. The summed E-state index contributed by atoms with van der Waals surface area (Å²) in [5.41, 5.74) is 0.0534. The first kappa shape index (κ1) is 24.8. The summed E-state index contributed by atoms with van der Waals surface area (Å²) >= 11 is 1.16. The lowest BCUT2D eigenvalue weighted by Crippen LogP contribution is -2.31. The Bertz CT molecular complexity index is 1210. The standard InChI is InChI=1S/C21H25FN4O5S2/c1-6-33(28,29)26(15-9-7-14(8-10-15)20(27)31-21(3,4)5)12-17-23-11-16(32-17)19-25-24-18(30-19)13(2)22/h7-11,13H,6,12H2,1-5H3. The van der Waals surface area contributed by atoms with Gasteiger partial charge in [-0.3, -0.25) is 4.31 Å². The maximum absolute atomic E-state index is 13.3. The number of halogens is 1. The Morgan fingerprint density at radius 1 is 1.24 bits per heavy atom. The highest BCUT2D eigenvalue weighted by Gasteiger charge is 2.24. The third-order valence-electron chi connectivity index (χ3n) is 4.31. The molecule has 0 radical (unpaired) electrons. The van der Waals surface area contributed by atoms with E-state index in [2.05, 4.69) is 15.2 Å². The predicted octanol–water partition coefficient (Wildman–Crippen LogP) is 4.54. The van der Waals surface area contributed by atoms with Crippen LogP contribution >= 0.6 is 11.3 Å². The third-order valence-corrected chi connectivity index (χ3v) is 7.03. The van der Waals surface area contributed by atoms with Crippen LogP contribution in [0.25, 0.3) is 10.8 Å². The molecule has 0 amide bonds. The van der Waals surface area contributed by atoms with Crippen molar-refractivity contribution < 1.29 is 26.8 Å². The second kappa shape index (κ2) is 9.56. The summed E-state index contributed by atoms with van der Waals surface area (Å²) in [5.74, 6) is -0.643. The molecule has 1 unspecified atom stereocenters. The lowest BCUT2D eigenvalue weighted by molar-refractivity contribution is 0.00695. The average molecular weight is 497 g/mol. The number of esters is 1. The minimum Gasteiger partial charge on any atom is -0.456 e. The Labute approximate surface area is 195 Å². The monoisotopic (exact) mass is 496 g/mol. The Morgan fingerprint density at radius 2 is 1.91 bits per heavy atom. The number of benzene rings is 1. The molecule has 0 aliphatic carbocycles. The number of carbonyl (C=O) groups excluding carboxylic acids is 1. The molecule has 0 aliphatic rings. The Morgan fingerprint density at radius 3 is 2.45 bits per heavy atom. The zero-order valence-corrected chi connectivity index (χ0v) is 20.5. The van der Waals surface area contributed by atoms with E-state index in [1.807, 2.05) is 0 Å². The molecular weight excluding hydrogens is 471 g/mol. The number of alkyl halides is 1. The lowest BCUT2D eigenvalue weighted by atomic mass is 10.1. The molecular formula is C21H25FN4O5S2. The zero-order valence-electron chi connectivity index (χ0n) is 18.9. The van der Waals surface area contributed by atoms with E-state index in [4.69, 9.17) is 9.15 Å². The van der Waals surface area contributed by atoms with Crippen LogP contribution < -0.4 is 4.31 Å². The molecule has 1 aromatic carbocycles. The molecule has 3 rings (SSSR count). The van der Waals surface area contributed by atoms with Crippen LogP contribution in [-0.2, 0) is 21.3 Å². The first-order valence-electron chi connectivity index (χ1n) is 10.2. The molecule has 0 saturated carbocycles. The van der Waals surface area contributed by atoms with Crippen LogP contribution in [0.5, 0.6) is 0 Å². The summed E-state index contributed by atoms with van der Waals surface area (Å²) in [7, 11) is -3.65. The Hall–Kier alpha value is -2.86. The van der Waals surface area contributed by atoms with Gasteiger partial charge in [-0.2, -0.15) is 0 Å². The molecule has 0 fully saturated rings. The van der Waals surface area contributed by atoms with Crippen LogP contribution in [-0.4, -0.2) is 40.9 Å². The van der Waals surface area contributed by atoms with Crippen molar-refractivity contribution in [3.05, 3.63) is 46.9 Å². The normalized spacial score (nSPS) is 13.0. The van der Waals surface area contributed by atoms with Gasteiger partial charge in [-0.1, -0.05) is 0 Å². The molecule has 178 valence electrons. The summed E-state index contributed by atoms with van der Waals surface area (Å²) in [6.07, 6.45) is 0.0789. The van der Waals surface area contributed by atoms with E-state index in [0.717, 1.165) is 11.3 Å². The van der Waals surface area contributed by atoms with Crippen LogP contribution in [0, 0.1) is 0 Å². The summed E-state index contributed by atoms with van der Waals surface area (Å²) in [6, 6.07) is 6.14. The van der Waals surface area contributed by atoms with Gasteiger partial charge >= 0.3 is 5.97 Å². The van der Waals surface area contributed by atoms with Gasteiger partial charge in [0.05, 0.1) is 29.7 Å². The van der Waals surface area contributed by atoms with E-state index in [1.165, 1.54) is 29.6 Å². The van der Waals surface area contributed by atoms with E-state index >= 15 is 0 Å². The number of carbonyl (C=O) groups is 1. The first-order chi connectivity index (χ1) is 15.4. The van der Waals surface area contributed by atoms with Crippen molar-refractivity contribution in [3.8, 4) is 10.8 Å². The van der Waals surface area contributed by atoms with Crippen LogP contribution in [0.1, 0.15) is 62.0 Å². The van der Waals surface area contributed by atoms with Crippen molar-refractivity contribution in [1.29, 1.82) is 0 Å². The van der Waals surface area contributed by atoms with Crippen molar-refractivity contribution in [1.82, 2.24) is 15.2 Å². The number of nitrogens with zero attached hydrogens (tertiary/aromatic N) is 4. The fraction of sp³-hybridized carbons (Fsp3) is 0.429. The van der Waals surface area contributed by atoms with E-state index in [0.29, 0.717) is 21.1 Å². The average Bonchev–Trinajstić information content (AvgIpc) is 3.40. The van der Waals surface area contributed by atoms with E-state index in [1.54, 1.807) is 39.8 Å². The molecule has 0 bridgehead atoms. The molecule has 33 heavy (non-hydrogen) atoms. The highest BCUT2D eigenvalue weighted by Crippen LogP contribution is 2.30. The number of rotatable bonds is 8. The number of hydrogen-bond acceptors (Lipinski definition) is 9. The van der Waals surface area contributed by atoms with Gasteiger partial charge < -0.3 is 9.15 Å². The van der Waals surface area contributed by atoms with E-state index < -0.39 is 27.8 Å².